The van der Waals surface area contributed by atoms with Crippen LogP contribution in [0.1, 0.15) is 6.92 Å². The highest BCUT2D eigenvalue weighted by molar-refractivity contribution is 6.43. The van der Waals surface area contributed by atoms with Crippen molar-refractivity contribution in [3.63, 3.8) is 0 Å². The molecule has 6 nitrogen and oxygen atoms in total. The van der Waals surface area contributed by atoms with Gasteiger partial charge in [-0.1, -0.05) is 46.4 Å². The highest BCUT2D eigenvalue weighted by atomic mass is 35.5. The molecule has 0 aliphatic carbocycles. The number of nitrogens with zero attached hydrogens (tertiary/aromatic N) is 1. The van der Waals surface area contributed by atoms with Gasteiger partial charge in [0, 0.05) is 18.2 Å². The van der Waals surface area contributed by atoms with E-state index in [9.17, 15) is 14.9 Å². The van der Waals surface area contributed by atoms with Crippen molar-refractivity contribution < 1.29 is 14.5 Å². The van der Waals surface area contributed by atoms with Crippen LogP contribution < -0.4 is 10.1 Å². The highest BCUT2D eigenvalue weighted by Gasteiger charge is 2.19. The van der Waals surface area contributed by atoms with Crippen molar-refractivity contribution in [1.82, 2.24) is 0 Å². The number of nitrogens with one attached hydrogen (secondary N) is 1. The molecule has 0 aliphatic heterocycles. The van der Waals surface area contributed by atoms with Crippen molar-refractivity contribution in [3.8, 4) is 5.75 Å². The molecule has 0 aliphatic rings. The van der Waals surface area contributed by atoms with Gasteiger partial charge in [0.1, 0.15) is 5.75 Å². The lowest BCUT2D eigenvalue weighted by Crippen LogP contribution is -2.30. The number of nitro groups is 1. The summed E-state index contributed by atoms with van der Waals surface area (Å²) in [4.78, 5) is 22.5. The van der Waals surface area contributed by atoms with Gasteiger partial charge in [0.25, 0.3) is 11.6 Å². The van der Waals surface area contributed by atoms with Crippen LogP contribution in [0.4, 0.5) is 11.4 Å². The number of non-ortho nitro benzene ring substituents is 1. The maximum absolute atomic E-state index is 12.2. The van der Waals surface area contributed by atoms with Crippen molar-refractivity contribution in [2.45, 2.75) is 13.0 Å². The van der Waals surface area contributed by atoms with Crippen LogP contribution in [0.2, 0.25) is 20.1 Å². The number of nitro benzene ring substituents is 1. The number of amides is 1. The third-order valence-corrected chi connectivity index (χ3v) is 4.41. The van der Waals surface area contributed by atoms with Gasteiger partial charge in [0.15, 0.2) is 6.10 Å². The Labute approximate surface area is 162 Å². The zero-order valence-electron chi connectivity index (χ0n) is 12.6. The quantitative estimate of drug-likeness (QED) is 0.384. The first-order chi connectivity index (χ1) is 11.7. The molecule has 0 unspecified atom stereocenters. The van der Waals surface area contributed by atoms with Gasteiger partial charge in [-0.05, 0) is 19.1 Å². The number of hydrogen-bond donors (Lipinski definition) is 1. The molecule has 0 bridgehead atoms. The molecule has 0 spiro atoms. The molecular weight excluding hydrogens is 414 g/mol. The molecule has 25 heavy (non-hydrogen) atoms. The molecule has 1 amide bonds. The Morgan fingerprint density at radius 1 is 1.08 bits per heavy atom. The van der Waals surface area contributed by atoms with E-state index in [0.717, 1.165) is 6.07 Å². The van der Waals surface area contributed by atoms with Gasteiger partial charge >= 0.3 is 0 Å². The molecule has 0 fully saturated rings. The Balaban J connectivity index is 2.15. The van der Waals surface area contributed by atoms with Crippen LogP contribution in [0.15, 0.2) is 30.3 Å². The predicted molar refractivity (Wildman–Crippen MR) is 98.3 cm³/mol. The Hall–Kier alpha value is -1.73. The van der Waals surface area contributed by atoms with Crippen LogP contribution in [0.25, 0.3) is 0 Å². The number of hydrogen-bond acceptors (Lipinski definition) is 4. The topological polar surface area (TPSA) is 81.5 Å². The molecule has 0 radical (unpaired) electrons. The SMILES string of the molecule is C[C@H](Oc1cc(Cl)c(Cl)cc1Cl)C(=O)Nc1cc([N+](=O)[O-])ccc1Cl. The average Bonchev–Trinajstić information content (AvgIpc) is 2.54. The zero-order chi connectivity index (χ0) is 18.7. The molecule has 2 aromatic carbocycles. The lowest BCUT2D eigenvalue weighted by molar-refractivity contribution is -0.384. The summed E-state index contributed by atoms with van der Waals surface area (Å²) in [5.41, 5.74) is -0.114. The van der Waals surface area contributed by atoms with E-state index in [2.05, 4.69) is 5.32 Å². The van der Waals surface area contributed by atoms with Crippen molar-refractivity contribution in [2.75, 3.05) is 5.32 Å². The monoisotopic (exact) mass is 422 g/mol. The normalized spacial score (nSPS) is 11.7. The average molecular weight is 424 g/mol. The maximum Gasteiger partial charge on any atom is 0.271 e. The number of carbonyl (C=O) groups excluding carboxylic acids is 1. The highest BCUT2D eigenvalue weighted by Crippen LogP contribution is 2.34. The Bertz CT molecular complexity index is 845. The number of anilines is 1. The second-order valence-corrected chi connectivity index (χ2v) is 6.50. The first-order valence-electron chi connectivity index (χ1n) is 6.75. The number of halogens is 4. The third-order valence-electron chi connectivity index (χ3n) is 3.07. The van der Waals surface area contributed by atoms with Crippen molar-refractivity contribution >= 4 is 63.7 Å². The lowest BCUT2D eigenvalue weighted by atomic mass is 10.2. The third kappa shape index (κ3) is 4.89. The molecule has 132 valence electrons. The second-order valence-electron chi connectivity index (χ2n) is 4.87. The molecular formula is C15H10Cl4N2O4. The van der Waals surface area contributed by atoms with Gasteiger partial charge in [-0.15, -0.1) is 0 Å². The van der Waals surface area contributed by atoms with Gasteiger partial charge in [0.2, 0.25) is 0 Å². The molecule has 0 saturated carbocycles. The molecule has 0 saturated heterocycles. The molecule has 2 rings (SSSR count). The van der Waals surface area contributed by atoms with Crippen LogP contribution in [0.3, 0.4) is 0 Å². The van der Waals surface area contributed by atoms with Gasteiger partial charge in [-0.2, -0.15) is 0 Å². The fourth-order valence-corrected chi connectivity index (χ4v) is 2.54. The van der Waals surface area contributed by atoms with Crippen LogP contribution >= 0.6 is 46.4 Å². The summed E-state index contributed by atoms with van der Waals surface area (Å²) in [6, 6.07) is 6.47. The summed E-state index contributed by atoms with van der Waals surface area (Å²) in [5.74, 6) is -0.409. The maximum atomic E-state index is 12.2. The van der Waals surface area contributed by atoms with Gasteiger partial charge in [-0.25, -0.2) is 0 Å². The minimum atomic E-state index is -0.981. The largest absolute Gasteiger partial charge is 0.479 e. The van der Waals surface area contributed by atoms with Crippen molar-refractivity contribution in [3.05, 3.63) is 60.5 Å². The fourth-order valence-electron chi connectivity index (χ4n) is 1.80. The smallest absolute Gasteiger partial charge is 0.271 e. The van der Waals surface area contributed by atoms with E-state index in [4.69, 9.17) is 51.1 Å². The number of benzene rings is 2. The molecule has 0 aromatic heterocycles. The summed E-state index contributed by atoms with van der Waals surface area (Å²) in [6.45, 7) is 1.47. The number of rotatable bonds is 5. The summed E-state index contributed by atoms with van der Waals surface area (Å²) in [6.07, 6.45) is -0.981. The molecule has 1 N–H and O–H groups in total. The van der Waals surface area contributed by atoms with Crippen molar-refractivity contribution in [2.24, 2.45) is 0 Å². The van der Waals surface area contributed by atoms with E-state index in [1.54, 1.807) is 0 Å². The first kappa shape index (κ1) is 19.6. The van der Waals surface area contributed by atoms with E-state index in [1.807, 2.05) is 0 Å². The van der Waals surface area contributed by atoms with Crippen LogP contribution in [-0.2, 0) is 4.79 Å². The minimum Gasteiger partial charge on any atom is -0.479 e. The van der Waals surface area contributed by atoms with Gasteiger partial charge in [0.05, 0.1) is 30.7 Å². The molecule has 0 heterocycles. The lowest BCUT2D eigenvalue weighted by Gasteiger charge is -2.16. The number of ether oxygens (including phenoxy) is 1. The zero-order valence-corrected chi connectivity index (χ0v) is 15.6. The Morgan fingerprint density at radius 2 is 1.72 bits per heavy atom. The summed E-state index contributed by atoms with van der Waals surface area (Å²) >= 11 is 23.7. The summed E-state index contributed by atoms with van der Waals surface area (Å²) in [7, 11) is 0. The van der Waals surface area contributed by atoms with Crippen molar-refractivity contribution in [1.29, 1.82) is 0 Å². The second kappa shape index (κ2) is 8.10. The van der Waals surface area contributed by atoms with Gasteiger partial charge in [-0.3, -0.25) is 14.9 Å². The molecule has 2 aromatic rings. The fraction of sp³-hybridized carbons (Fsp3) is 0.133. The van der Waals surface area contributed by atoms with Crippen LogP contribution in [0, 0.1) is 10.1 Å². The first-order valence-corrected chi connectivity index (χ1v) is 8.26. The molecule has 1 atom stereocenters. The van der Waals surface area contributed by atoms with E-state index in [0.29, 0.717) is 0 Å². The Kier molecular flexibility index (Phi) is 6.35. The standard InChI is InChI=1S/C15H10Cl4N2O4/c1-7(25-14-6-11(18)10(17)5-12(14)19)15(22)20-13-4-8(21(23)24)2-3-9(13)16/h2-7H,1H3,(H,20,22)/t7-/m0/s1. The minimum absolute atomic E-state index is 0.0940. The summed E-state index contributed by atoms with van der Waals surface area (Å²) < 4.78 is 5.47. The van der Waals surface area contributed by atoms with Gasteiger partial charge < -0.3 is 10.1 Å². The van der Waals surface area contributed by atoms with Crippen LogP contribution in [0.5, 0.6) is 5.75 Å². The van der Waals surface area contributed by atoms with E-state index in [-0.39, 0.29) is 37.2 Å². The van der Waals surface area contributed by atoms with Crippen LogP contribution in [-0.4, -0.2) is 16.9 Å². The summed E-state index contributed by atoms with van der Waals surface area (Å²) in [5, 5.41) is 14.1. The van der Waals surface area contributed by atoms with E-state index < -0.39 is 16.9 Å². The molecule has 10 heteroatoms. The predicted octanol–water partition coefficient (Wildman–Crippen LogP) is 5.61. The Morgan fingerprint density at radius 3 is 2.36 bits per heavy atom. The van der Waals surface area contributed by atoms with E-state index >= 15 is 0 Å². The van der Waals surface area contributed by atoms with E-state index in [1.165, 1.54) is 31.2 Å². The number of carbonyl (C=O) groups is 1.